The summed E-state index contributed by atoms with van der Waals surface area (Å²) < 4.78 is 30.2. The van der Waals surface area contributed by atoms with Crippen LogP contribution in [0.1, 0.15) is 43.7 Å². The van der Waals surface area contributed by atoms with Crippen molar-refractivity contribution in [2.75, 3.05) is 14.2 Å². The largest absolute Gasteiger partial charge is 0.493 e. The Labute approximate surface area is 176 Å². The number of methoxy groups -OCH3 is 2. The molecule has 1 N–H and O–H groups in total. The number of benzene rings is 2. The predicted octanol–water partition coefficient (Wildman–Crippen LogP) is 4.71. The van der Waals surface area contributed by atoms with Crippen LogP contribution in [-0.4, -0.2) is 37.5 Å². The highest BCUT2D eigenvalue weighted by Crippen LogP contribution is 2.45. The minimum Gasteiger partial charge on any atom is -0.493 e. The van der Waals surface area contributed by atoms with E-state index in [4.69, 9.17) is 14.2 Å². The first-order valence-corrected chi connectivity index (χ1v) is 9.94. The van der Waals surface area contributed by atoms with Gasteiger partial charge in [0.1, 0.15) is 11.9 Å². The van der Waals surface area contributed by atoms with Gasteiger partial charge in [0.05, 0.1) is 26.7 Å². The molecule has 2 aromatic rings. The maximum absolute atomic E-state index is 13.6. The molecule has 0 amide bonds. The van der Waals surface area contributed by atoms with Gasteiger partial charge in [-0.1, -0.05) is 32.1 Å². The summed E-state index contributed by atoms with van der Waals surface area (Å²) in [6, 6.07) is 8.11. The highest BCUT2D eigenvalue weighted by molar-refractivity contribution is 5.85. The number of hydrogen-bond donors (Lipinski definition) is 1. The Morgan fingerprint density at radius 2 is 1.90 bits per heavy atom. The molecule has 0 unspecified atom stereocenters. The number of carbonyl (C=O) groups is 1. The van der Waals surface area contributed by atoms with Crippen molar-refractivity contribution in [3.63, 3.8) is 0 Å². The number of halogens is 1. The standard InChI is InChI=1S/C24H27FO5/c1-14(2)20-13-21(28-3)24(29-4)23(15-5-7-16(25)8-6-15)19(20)10-9-18-11-17(26)12-22(27)30-18/h5-10,13-14,17-18,26H,11-12H2,1-4H3/b10-9+/t17-,18-/m0/s1. The molecule has 0 radical (unpaired) electrons. The quantitative estimate of drug-likeness (QED) is 0.694. The van der Waals surface area contributed by atoms with Gasteiger partial charge in [-0.15, -0.1) is 0 Å². The van der Waals surface area contributed by atoms with Gasteiger partial charge in [0.2, 0.25) is 0 Å². The zero-order valence-corrected chi connectivity index (χ0v) is 17.6. The zero-order chi connectivity index (χ0) is 21.8. The van der Waals surface area contributed by atoms with Crippen LogP contribution in [0.5, 0.6) is 11.5 Å². The van der Waals surface area contributed by atoms with E-state index in [1.807, 2.05) is 12.1 Å². The molecule has 1 saturated heterocycles. The van der Waals surface area contributed by atoms with Crippen LogP contribution < -0.4 is 9.47 Å². The number of cyclic esters (lactones) is 1. The number of rotatable bonds is 6. The van der Waals surface area contributed by atoms with Crippen LogP contribution in [0.3, 0.4) is 0 Å². The summed E-state index contributed by atoms with van der Waals surface area (Å²) in [5, 5.41) is 9.89. The van der Waals surface area contributed by atoms with Crippen molar-refractivity contribution in [3.8, 4) is 22.6 Å². The first-order chi connectivity index (χ1) is 14.3. The Morgan fingerprint density at radius 3 is 2.47 bits per heavy atom. The maximum Gasteiger partial charge on any atom is 0.309 e. The maximum atomic E-state index is 13.6. The lowest BCUT2D eigenvalue weighted by Gasteiger charge is -2.24. The topological polar surface area (TPSA) is 65.0 Å². The van der Waals surface area contributed by atoms with Gasteiger partial charge < -0.3 is 19.3 Å². The van der Waals surface area contributed by atoms with Gasteiger partial charge in [-0.2, -0.15) is 0 Å². The third kappa shape index (κ3) is 4.65. The highest BCUT2D eigenvalue weighted by Gasteiger charge is 2.26. The summed E-state index contributed by atoms with van der Waals surface area (Å²) in [7, 11) is 3.14. The summed E-state index contributed by atoms with van der Waals surface area (Å²) in [4.78, 5) is 11.7. The smallest absolute Gasteiger partial charge is 0.309 e. The average molecular weight is 414 g/mol. The summed E-state index contributed by atoms with van der Waals surface area (Å²) in [5.74, 6) is 0.526. The van der Waals surface area contributed by atoms with E-state index in [0.717, 1.165) is 22.3 Å². The van der Waals surface area contributed by atoms with Gasteiger partial charge in [0.15, 0.2) is 11.5 Å². The van der Waals surface area contributed by atoms with Gasteiger partial charge in [-0.05, 0) is 46.9 Å². The fraction of sp³-hybridized carbons (Fsp3) is 0.375. The minimum atomic E-state index is -0.715. The van der Waals surface area contributed by atoms with Crippen molar-refractivity contribution in [1.29, 1.82) is 0 Å². The van der Waals surface area contributed by atoms with Gasteiger partial charge >= 0.3 is 5.97 Å². The highest BCUT2D eigenvalue weighted by atomic mass is 19.1. The molecule has 5 nitrogen and oxygen atoms in total. The third-order valence-corrected chi connectivity index (χ3v) is 5.16. The number of aliphatic hydroxyl groups excluding tert-OH is 1. The minimum absolute atomic E-state index is 0.0127. The molecule has 3 rings (SSSR count). The normalized spacial score (nSPS) is 19.2. The monoisotopic (exact) mass is 414 g/mol. The molecule has 0 saturated carbocycles. The van der Waals surface area contributed by atoms with E-state index in [2.05, 4.69) is 13.8 Å². The van der Waals surface area contributed by atoms with Crippen LogP contribution in [0.2, 0.25) is 0 Å². The number of esters is 1. The van der Waals surface area contributed by atoms with Crippen LogP contribution in [0.15, 0.2) is 36.4 Å². The number of aliphatic hydroxyl groups is 1. The van der Waals surface area contributed by atoms with Crippen LogP contribution in [-0.2, 0) is 9.53 Å². The first kappa shape index (κ1) is 21.8. The molecule has 0 bridgehead atoms. The fourth-order valence-corrected chi connectivity index (χ4v) is 3.72. The first-order valence-electron chi connectivity index (χ1n) is 9.94. The lowest BCUT2D eigenvalue weighted by Crippen LogP contribution is -2.31. The van der Waals surface area contributed by atoms with Crippen LogP contribution in [0.4, 0.5) is 4.39 Å². The molecule has 30 heavy (non-hydrogen) atoms. The van der Waals surface area contributed by atoms with Gasteiger partial charge in [0, 0.05) is 12.0 Å². The SMILES string of the molecule is COc1cc(C(C)C)c(/C=C/[C@H]2C[C@H](O)CC(=O)O2)c(-c2ccc(F)cc2)c1OC. The van der Waals surface area contributed by atoms with Crippen molar-refractivity contribution in [1.82, 2.24) is 0 Å². The predicted molar refractivity (Wildman–Crippen MR) is 113 cm³/mol. The van der Waals surface area contributed by atoms with Crippen molar-refractivity contribution in [3.05, 3.63) is 53.4 Å². The summed E-state index contributed by atoms with van der Waals surface area (Å²) in [5.41, 5.74) is 3.41. The van der Waals surface area contributed by atoms with E-state index >= 15 is 0 Å². The second-order valence-corrected chi connectivity index (χ2v) is 7.63. The lowest BCUT2D eigenvalue weighted by atomic mass is 9.88. The van der Waals surface area contributed by atoms with E-state index in [1.165, 1.54) is 12.1 Å². The number of hydrogen-bond acceptors (Lipinski definition) is 5. The molecule has 6 heteroatoms. The average Bonchev–Trinajstić information content (AvgIpc) is 2.70. The summed E-state index contributed by atoms with van der Waals surface area (Å²) >= 11 is 0. The van der Waals surface area contributed by atoms with Gasteiger partial charge in [-0.3, -0.25) is 4.79 Å². The van der Waals surface area contributed by atoms with Gasteiger partial charge in [0.25, 0.3) is 0 Å². The second-order valence-electron chi connectivity index (χ2n) is 7.63. The summed E-state index contributed by atoms with van der Waals surface area (Å²) in [6.45, 7) is 4.13. The lowest BCUT2D eigenvalue weighted by molar-refractivity contribution is -0.156. The molecule has 2 aromatic carbocycles. The number of ether oxygens (including phenoxy) is 3. The van der Waals surface area contributed by atoms with E-state index in [0.29, 0.717) is 17.9 Å². The van der Waals surface area contributed by atoms with Crippen molar-refractivity contribution in [2.45, 2.75) is 44.8 Å². The molecule has 1 aliphatic rings. The molecule has 160 valence electrons. The van der Waals surface area contributed by atoms with E-state index in [-0.39, 0.29) is 18.2 Å². The Hall–Kier alpha value is -2.86. The molecule has 0 aliphatic carbocycles. The van der Waals surface area contributed by atoms with Crippen LogP contribution in [0.25, 0.3) is 17.2 Å². The Morgan fingerprint density at radius 1 is 1.20 bits per heavy atom. The van der Waals surface area contributed by atoms with Crippen molar-refractivity contribution in [2.24, 2.45) is 0 Å². The van der Waals surface area contributed by atoms with E-state index in [9.17, 15) is 14.3 Å². The second kappa shape index (κ2) is 9.30. The molecular weight excluding hydrogens is 387 g/mol. The Kier molecular flexibility index (Phi) is 6.77. The molecule has 0 spiro atoms. The third-order valence-electron chi connectivity index (χ3n) is 5.16. The molecular formula is C24H27FO5. The van der Waals surface area contributed by atoms with Crippen LogP contribution >= 0.6 is 0 Å². The molecule has 2 atom stereocenters. The molecule has 1 heterocycles. The van der Waals surface area contributed by atoms with Crippen molar-refractivity contribution >= 4 is 12.0 Å². The van der Waals surface area contributed by atoms with E-state index < -0.39 is 18.2 Å². The van der Waals surface area contributed by atoms with Gasteiger partial charge in [-0.25, -0.2) is 4.39 Å². The fourth-order valence-electron chi connectivity index (χ4n) is 3.72. The van der Waals surface area contributed by atoms with Crippen LogP contribution in [0, 0.1) is 5.82 Å². The summed E-state index contributed by atoms with van der Waals surface area (Å²) in [6.07, 6.45) is 2.78. The Bertz CT molecular complexity index is 934. The van der Waals surface area contributed by atoms with E-state index in [1.54, 1.807) is 32.4 Å². The number of carbonyl (C=O) groups excluding carboxylic acids is 1. The molecule has 0 aromatic heterocycles. The van der Waals surface area contributed by atoms with Crippen molar-refractivity contribution < 1.29 is 28.5 Å². The molecule has 1 aliphatic heterocycles. The Balaban J connectivity index is 2.19. The molecule has 1 fully saturated rings. The zero-order valence-electron chi connectivity index (χ0n) is 17.6.